The highest BCUT2D eigenvalue weighted by atomic mass is 16.3. The minimum atomic E-state index is -0.441. The van der Waals surface area contributed by atoms with Crippen LogP contribution < -0.4 is 5.32 Å². The number of carbonyl (C=O) groups excluding carboxylic acids is 1. The Morgan fingerprint density at radius 2 is 2.28 bits per heavy atom. The van der Waals surface area contributed by atoms with Gasteiger partial charge in [-0.05, 0) is 37.6 Å². The Morgan fingerprint density at radius 1 is 1.36 bits per heavy atom. The Morgan fingerprint density at radius 3 is 3.08 bits per heavy atom. The maximum absolute atomic E-state index is 12.5. The number of hydrogen-bond donors (Lipinski definition) is 3. The summed E-state index contributed by atoms with van der Waals surface area (Å²) < 4.78 is 1.87. The van der Waals surface area contributed by atoms with Crippen LogP contribution in [0, 0.1) is 0 Å². The van der Waals surface area contributed by atoms with Crippen molar-refractivity contribution >= 4 is 16.8 Å². The number of aromatic nitrogens is 4. The smallest absolute Gasteiger partial charge is 0.154 e. The summed E-state index contributed by atoms with van der Waals surface area (Å²) in [5.74, 6) is 0.0877. The topological polar surface area (TPSA) is 95.8 Å². The van der Waals surface area contributed by atoms with Crippen LogP contribution in [0.4, 0.5) is 0 Å². The summed E-state index contributed by atoms with van der Waals surface area (Å²) in [6, 6.07) is 7.70. The molecule has 1 fully saturated rings. The number of aliphatic hydroxyl groups excluding tert-OH is 1. The molecule has 1 saturated heterocycles. The molecule has 7 nitrogen and oxygen atoms in total. The average molecular weight is 339 g/mol. The summed E-state index contributed by atoms with van der Waals surface area (Å²) >= 11 is 0. The maximum atomic E-state index is 12.5. The number of fused-ring (bicyclic) bond motifs is 1. The zero-order valence-electron chi connectivity index (χ0n) is 13.9. The molecule has 0 spiro atoms. The second-order valence-corrected chi connectivity index (χ2v) is 6.56. The SMILES string of the molecule is O=C(C[C@H]1NCCC[C@@H]1O)Cn1cnc2ccc(-c3ccn[nH]3)cc21. The van der Waals surface area contributed by atoms with Gasteiger partial charge in [-0.2, -0.15) is 5.10 Å². The molecule has 0 saturated carbocycles. The third kappa shape index (κ3) is 3.33. The van der Waals surface area contributed by atoms with Gasteiger partial charge in [0.15, 0.2) is 5.78 Å². The zero-order valence-corrected chi connectivity index (χ0v) is 13.9. The Labute approximate surface area is 145 Å². The van der Waals surface area contributed by atoms with E-state index in [0.29, 0.717) is 6.42 Å². The number of aliphatic hydroxyl groups is 1. The summed E-state index contributed by atoms with van der Waals surface area (Å²) in [6.07, 6.45) is 5.01. The van der Waals surface area contributed by atoms with E-state index in [1.165, 1.54) is 0 Å². The van der Waals surface area contributed by atoms with Gasteiger partial charge >= 0.3 is 0 Å². The number of aromatic amines is 1. The number of carbonyl (C=O) groups is 1. The first-order valence-corrected chi connectivity index (χ1v) is 8.58. The van der Waals surface area contributed by atoms with Crippen LogP contribution in [0.3, 0.4) is 0 Å². The molecule has 1 aliphatic rings. The van der Waals surface area contributed by atoms with Crippen LogP contribution in [0.2, 0.25) is 0 Å². The van der Waals surface area contributed by atoms with E-state index in [-0.39, 0.29) is 18.4 Å². The van der Waals surface area contributed by atoms with E-state index in [1.54, 1.807) is 12.5 Å². The predicted molar refractivity (Wildman–Crippen MR) is 94.0 cm³/mol. The molecule has 0 radical (unpaired) electrons. The third-order valence-electron chi connectivity index (χ3n) is 4.77. The lowest BCUT2D eigenvalue weighted by Gasteiger charge is -2.28. The van der Waals surface area contributed by atoms with E-state index < -0.39 is 6.10 Å². The largest absolute Gasteiger partial charge is 0.391 e. The van der Waals surface area contributed by atoms with Gasteiger partial charge in [-0.1, -0.05) is 6.07 Å². The fourth-order valence-electron chi connectivity index (χ4n) is 3.41. The predicted octanol–water partition coefficient (Wildman–Crippen LogP) is 1.50. The average Bonchev–Trinajstić information content (AvgIpc) is 3.27. The van der Waals surface area contributed by atoms with Crippen LogP contribution in [-0.2, 0) is 11.3 Å². The van der Waals surface area contributed by atoms with Gasteiger partial charge in [-0.15, -0.1) is 0 Å². The van der Waals surface area contributed by atoms with Crippen molar-refractivity contribution in [2.75, 3.05) is 6.54 Å². The molecule has 2 aromatic heterocycles. The van der Waals surface area contributed by atoms with Gasteiger partial charge in [0.2, 0.25) is 0 Å². The molecule has 0 aliphatic carbocycles. The molecule has 1 aromatic carbocycles. The number of ketones is 1. The first-order valence-electron chi connectivity index (χ1n) is 8.58. The van der Waals surface area contributed by atoms with E-state index in [1.807, 2.05) is 28.8 Å². The first-order chi connectivity index (χ1) is 12.2. The molecule has 4 rings (SSSR count). The fraction of sp³-hybridized carbons (Fsp3) is 0.389. The van der Waals surface area contributed by atoms with Gasteiger partial charge < -0.3 is 15.0 Å². The summed E-state index contributed by atoms with van der Waals surface area (Å²) in [5.41, 5.74) is 3.70. The van der Waals surface area contributed by atoms with Crippen LogP contribution in [0.15, 0.2) is 36.8 Å². The highest BCUT2D eigenvalue weighted by Crippen LogP contribution is 2.22. The number of hydrogen-bond acceptors (Lipinski definition) is 5. The Balaban J connectivity index is 1.52. The van der Waals surface area contributed by atoms with Gasteiger partial charge in [0.1, 0.15) is 0 Å². The molecule has 25 heavy (non-hydrogen) atoms. The van der Waals surface area contributed by atoms with E-state index in [0.717, 1.165) is 41.7 Å². The third-order valence-corrected chi connectivity index (χ3v) is 4.77. The molecule has 2 atom stereocenters. The lowest BCUT2D eigenvalue weighted by Crippen LogP contribution is -2.46. The molecule has 3 aromatic rings. The number of H-pyrrole nitrogens is 1. The number of Topliss-reactive ketones (excluding diaryl/α,β-unsaturated/α-hetero) is 1. The van der Waals surface area contributed by atoms with E-state index in [9.17, 15) is 9.90 Å². The summed E-state index contributed by atoms with van der Waals surface area (Å²) in [7, 11) is 0. The van der Waals surface area contributed by atoms with Crippen molar-refractivity contribution < 1.29 is 9.90 Å². The lowest BCUT2D eigenvalue weighted by atomic mass is 9.97. The lowest BCUT2D eigenvalue weighted by molar-refractivity contribution is -0.121. The number of nitrogens with one attached hydrogen (secondary N) is 2. The minimum absolute atomic E-state index is 0.0877. The summed E-state index contributed by atoms with van der Waals surface area (Å²) in [5, 5.41) is 20.2. The second-order valence-electron chi connectivity index (χ2n) is 6.56. The van der Waals surface area contributed by atoms with Crippen LogP contribution in [-0.4, -0.2) is 49.3 Å². The highest BCUT2D eigenvalue weighted by Gasteiger charge is 2.25. The Hall–Kier alpha value is -2.51. The van der Waals surface area contributed by atoms with Gasteiger partial charge in [-0.25, -0.2) is 4.98 Å². The number of nitrogens with zero attached hydrogens (tertiary/aromatic N) is 3. The summed E-state index contributed by atoms with van der Waals surface area (Å²) in [6.45, 7) is 1.12. The monoisotopic (exact) mass is 339 g/mol. The second kappa shape index (κ2) is 6.78. The molecule has 1 aliphatic heterocycles. The van der Waals surface area contributed by atoms with Gasteiger partial charge in [0, 0.05) is 24.2 Å². The number of benzene rings is 1. The standard InChI is InChI=1S/C18H21N5O2/c24-13(9-16-18(25)2-1-6-19-16)10-23-11-20-15-4-3-12(8-17(15)23)14-5-7-21-22-14/h3-5,7-8,11,16,18-19,25H,1-2,6,9-10H2,(H,21,22)/t16-,18+/m1/s1. The molecule has 0 bridgehead atoms. The van der Waals surface area contributed by atoms with Crippen molar-refractivity contribution in [1.82, 2.24) is 25.1 Å². The van der Waals surface area contributed by atoms with Crippen molar-refractivity contribution in [3.63, 3.8) is 0 Å². The van der Waals surface area contributed by atoms with Crippen molar-refractivity contribution in [1.29, 1.82) is 0 Å². The van der Waals surface area contributed by atoms with Gasteiger partial charge in [-0.3, -0.25) is 9.89 Å². The molecule has 7 heteroatoms. The highest BCUT2D eigenvalue weighted by molar-refractivity contribution is 5.84. The molecule has 3 heterocycles. The van der Waals surface area contributed by atoms with Crippen molar-refractivity contribution in [3.05, 3.63) is 36.8 Å². The van der Waals surface area contributed by atoms with Crippen LogP contribution in [0.1, 0.15) is 19.3 Å². The molecule has 130 valence electrons. The van der Waals surface area contributed by atoms with Crippen molar-refractivity contribution in [2.45, 2.75) is 38.0 Å². The molecular formula is C18H21N5O2. The van der Waals surface area contributed by atoms with E-state index in [2.05, 4.69) is 20.5 Å². The Bertz CT molecular complexity index is 871. The molecule has 0 amide bonds. The van der Waals surface area contributed by atoms with Crippen LogP contribution >= 0.6 is 0 Å². The van der Waals surface area contributed by atoms with Gasteiger partial charge in [0.05, 0.1) is 35.7 Å². The van der Waals surface area contributed by atoms with Crippen molar-refractivity contribution in [3.8, 4) is 11.3 Å². The summed E-state index contributed by atoms with van der Waals surface area (Å²) in [4.78, 5) is 16.8. The molecule has 3 N–H and O–H groups in total. The van der Waals surface area contributed by atoms with E-state index >= 15 is 0 Å². The number of rotatable bonds is 5. The quantitative estimate of drug-likeness (QED) is 0.655. The minimum Gasteiger partial charge on any atom is -0.391 e. The molecule has 0 unspecified atom stereocenters. The zero-order chi connectivity index (χ0) is 17.2. The normalized spacial score (nSPS) is 20.8. The fourth-order valence-corrected chi connectivity index (χ4v) is 3.41. The number of piperidine rings is 1. The maximum Gasteiger partial charge on any atom is 0.154 e. The number of imidazole rings is 1. The Kier molecular flexibility index (Phi) is 4.33. The molecular weight excluding hydrogens is 318 g/mol. The van der Waals surface area contributed by atoms with E-state index in [4.69, 9.17) is 0 Å². The first kappa shape index (κ1) is 16.0. The van der Waals surface area contributed by atoms with Crippen molar-refractivity contribution in [2.24, 2.45) is 0 Å². The van der Waals surface area contributed by atoms with Gasteiger partial charge in [0.25, 0.3) is 0 Å². The van der Waals surface area contributed by atoms with Crippen LogP contribution in [0.5, 0.6) is 0 Å². The van der Waals surface area contributed by atoms with Crippen LogP contribution in [0.25, 0.3) is 22.3 Å².